The molecule has 0 bridgehead atoms. The van der Waals surface area contributed by atoms with Crippen LogP contribution in [-0.2, 0) is 0 Å². The van der Waals surface area contributed by atoms with E-state index in [-0.39, 0.29) is 10.6 Å². The molecule has 1 aromatic carbocycles. The van der Waals surface area contributed by atoms with Crippen molar-refractivity contribution >= 4 is 28.5 Å². The van der Waals surface area contributed by atoms with Crippen LogP contribution in [0.2, 0.25) is 5.02 Å². The number of rotatable bonds is 2. The Morgan fingerprint density at radius 2 is 2.25 bits per heavy atom. The van der Waals surface area contributed by atoms with Gasteiger partial charge < -0.3 is 9.63 Å². The standard InChI is InChI=1S/C11H8ClNO3/c12-8-6(11(14)15)3-4-7-9(5-1-2-5)13-16-10(7)8/h3-5H,1-2H2,(H,14,15). The summed E-state index contributed by atoms with van der Waals surface area (Å²) in [5.41, 5.74) is 1.32. The van der Waals surface area contributed by atoms with E-state index in [4.69, 9.17) is 21.2 Å². The van der Waals surface area contributed by atoms with Gasteiger partial charge >= 0.3 is 5.97 Å². The van der Waals surface area contributed by atoms with Crippen LogP contribution in [0.4, 0.5) is 0 Å². The largest absolute Gasteiger partial charge is 0.478 e. The summed E-state index contributed by atoms with van der Waals surface area (Å²) >= 11 is 5.96. The second-order valence-electron chi connectivity index (χ2n) is 3.95. The molecule has 0 aliphatic heterocycles. The Kier molecular flexibility index (Phi) is 1.94. The molecule has 4 nitrogen and oxygen atoms in total. The highest BCUT2D eigenvalue weighted by atomic mass is 35.5. The predicted molar refractivity (Wildman–Crippen MR) is 58.0 cm³/mol. The van der Waals surface area contributed by atoms with E-state index in [0.29, 0.717) is 11.5 Å². The molecule has 0 spiro atoms. The Labute approximate surface area is 95.8 Å². The monoisotopic (exact) mass is 237 g/mol. The highest BCUT2D eigenvalue weighted by Crippen LogP contribution is 2.43. The predicted octanol–water partition coefficient (Wildman–Crippen LogP) is 3.06. The molecule has 1 heterocycles. The first kappa shape index (κ1) is 9.66. The van der Waals surface area contributed by atoms with Crippen LogP contribution in [0.15, 0.2) is 16.7 Å². The number of hydrogen-bond donors (Lipinski definition) is 1. The number of nitrogens with zero attached hydrogens (tertiary/aromatic N) is 1. The van der Waals surface area contributed by atoms with Crippen molar-refractivity contribution in [3.8, 4) is 0 Å². The lowest BCUT2D eigenvalue weighted by molar-refractivity contribution is 0.0697. The normalized spacial score (nSPS) is 15.6. The molecule has 0 atom stereocenters. The Hall–Kier alpha value is -1.55. The lowest BCUT2D eigenvalue weighted by Crippen LogP contribution is -1.96. The highest BCUT2D eigenvalue weighted by Gasteiger charge is 2.30. The molecule has 2 aromatic rings. The van der Waals surface area contributed by atoms with Crippen molar-refractivity contribution in [3.63, 3.8) is 0 Å². The zero-order chi connectivity index (χ0) is 11.3. The first-order valence-corrected chi connectivity index (χ1v) is 5.37. The van der Waals surface area contributed by atoms with Crippen LogP contribution in [0.5, 0.6) is 0 Å². The molecular formula is C11H8ClNO3. The second kappa shape index (κ2) is 3.22. The van der Waals surface area contributed by atoms with Crippen LogP contribution >= 0.6 is 11.6 Å². The second-order valence-corrected chi connectivity index (χ2v) is 4.33. The van der Waals surface area contributed by atoms with Gasteiger partial charge in [-0.25, -0.2) is 4.79 Å². The number of fused-ring (bicyclic) bond motifs is 1. The SMILES string of the molecule is O=C(O)c1ccc2c(C3CC3)noc2c1Cl. The zero-order valence-corrected chi connectivity index (χ0v) is 8.99. The summed E-state index contributed by atoms with van der Waals surface area (Å²) in [6, 6.07) is 3.21. The van der Waals surface area contributed by atoms with Gasteiger partial charge in [0.05, 0.1) is 11.3 Å². The minimum Gasteiger partial charge on any atom is -0.478 e. The molecule has 1 fully saturated rings. The van der Waals surface area contributed by atoms with Crippen LogP contribution in [0.3, 0.4) is 0 Å². The van der Waals surface area contributed by atoms with E-state index in [1.807, 2.05) is 0 Å². The third-order valence-corrected chi connectivity index (χ3v) is 3.18. The van der Waals surface area contributed by atoms with Crippen LogP contribution < -0.4 is 0 Å². The quantitative estimate of drug-likeness (QED) is 0.872. The van der Waals surface area contributed by atoms with E-state index in [0.717, 1.165) is 23.9 Å². The zero-order valence-electron chi connectivity index (χ0n) is 8.24. The summed E-state index contributed by atoms with van der Waals surface area (Å²) in [7, 11) is 0. The van der Waals surface area contributed by atoms with E-state index < -0.39 is 5.97 Å². The molecule has 0 saturated heterocycles. The summed E-state index contributed by atoms with van der Waals surface area (Å²) < 4.78 is 5.13. The smallest absolute Gasteiger partial charge is 0.337 e. The van der Waals surface area contributed by atoms with E-state index in [1.54, 1.807) is 6.07 Å². The van der Waals surface area contributed by atoms with Crippen molar-refractivity contribution in [3.05, 3.63) is 28.4 Å². The third-order valence-electron chi connectivity index (χ3n) is 2.80. The molecular weight excluding hydrogens is 230 g/mol. The summed E-state index contributed by atoms with van der Waals surface area (Å²) in [5, 5.41) is 13.8. The molecule has 1 aromatic heterocycles. The molecule has 1 N–H and O–H groups in total. The van der Waals surface area contributed by atoms with Gasteiger partial charge in [-0.1, -0.05) is 16.8 Å². The van der Waals surface area contributed by atoms with Crippen molar-refractivity contribution in [1.29, 1.82) is 0 Å². The lowest BCUT2D eigenvalue weighted by Gasteiger charge is -1.98. The number of carboxylic acids is 1. The topological polar surface area (TPSA) is 63.3 Å². The molecule has 3 rings (SSSR count). The van der Waals surface area contributed by atoms with Crippen LogP contribution in [0.25, 0.3) is 11.0 Å². The lowest BCUT2D eigenvalue weighted by atomic mass is 10.1. The first-order valence-electron chi connectivity index (χ1n) is 4.99. The molecule has 0 amide bonds. The maximum atomic E-state index is 10.9. The molecule has 1 saturated carbocycles. The van der Waals surface area contributed by atoms with E-state index >= 15 is 0 Å². The average Bonchev–Trinajstić information content (AvgIpc) is 2.99. The number of halogens is 1. The molecule has 0 unspecified atom stereocenters. The van der Waals surface area contributed by atoms with Crippen molar-refractivity contribution in [1.82, 2.24) is 5.16 Å². The van der Waals surface area contributed by atoms with Crippen LogP contribution in [-0.4, -0.2) is 16.2 Å². The fourth-order valence-corrected chi connectivity index (χ4v) is 2.09. The maximum absolute atomic E-state index is 10.9. The number of carbonyl (C=O) groups is 1. The third kappa shape index (κ3) is 1.30. The molecule has 1 aliphatic carbocycles. The Morgan fingerprint density at radius 3 is 2.88 bits per heavy atom. The first-order chi connectivity index (χ1) is 7.68. The van der Waals surface area contributed by atoms with Gasteiger partial charge in [-0.15, -0.1) is 0 Å². The van der Waals surface area contributed by atoms with E-state index in [1.165, 1.54) is 6.07 Å². The van der Waals surface area contributed by atoms with Crippen LogP contribution in [0, 0.1) is 0 Å². The van der Waals surface area contributed by atoms with Gasteiger partial charge in [0.25, 0.3) is 0 Å². The summed E-state index contributed by atoms with van der Waals surface area (Å²) in [6.45, 7) is 0. The van der Waals surface area contributed by atoms with Gasteiger partial charge in [0.15, 0.2) is 5.58 Å². The highest BCUT2D eigenvalue weighted by molar-refractivity contribution is 6.37. The Bertz CT molecular complexity index is 586. The van der Waals surface area contributed by atoms with Crippen molar-refractivity contribution < 1.29 is 14.4 Å². The number of carboxylic acid groups (broad SMARTS) is 1. The minimum absolute atomic E-state index is 0.0488. The van der Waals surface area contributed by atoms with Gasteiger partial charge in [0.2, 0.25) is 0 Å². The summed E-state index contributed by atoms with van der Waals surface area (Å²) in [4.78, 5) is 10.9. The van der Waals surface area contributed by atoms with E-state index in [2.05, 4.69) is 5.16 Å². The van der Waals surface area contributed by atoms with Crippen molar-refractivity contribution in [2.24, 2.45) is 0 Å². The Balaban J connectivity index is 2.25. The number of aromatic nitrogens is 1. The van der Waals surface area contributed by atoms with Gasteiger partial charge in [-0.05, 0) is 25.0 Å². The maximum Gasteiger partial charge on any atom is 0.337 e. The van der Waals surface area contributed by atoms with Crippen molar-refractivity contribution in [2.75, 3.05) is 0 Å². The Morgan fingerprint density at radius 1 is 1.50 bits per heavy atom. The molecule has 5 heteroatoms. The number of aromatic carboxylic acids is 1. The average molecular weight is 238 g/mol. The van der Waals surface area contributed by atoms with Crippen molar-refractivity contribution in [2.45, 2.75) is 18.8 Å². The molecule has 0 radical (unpaired) electrons. The number of hydrogen-bond acceptors (Lipinski definition) is 3. The molecule has 1 aliphatic rings. The van der Waals surface area contributed by atoms with E-state index in [9.17, 15) is 4.79 Å². The number of benzene rings is 1. The van der Waals surface area contributed by atoms with Gasteiger partial charge in [0.1, 0.15) is 5.02 Å². The summed E-state index contributed by atoms with van der Waals surface area (Å²) in [5.74, 6) is -0.607. The fourth-order valence-electron chi connectivity index (χ4n) is 1.81. The fraction of sp³-hybridized carbons (Fsp3) is 0.273. The molecule has 16 heavy (non-hydrogen) atoms. The van der Waals surface area contributed by atoms with Gasteiger partial charge in [-0.3, -0.25) is 0 Å². The summed E-state index contributed by atoms with van der Waals surface area (Å²) in [6.07, 6.45) is 2.22. The minimum atomic E-state index is -1.06. The van der Waals surface area contributed by atoms with Crippen LogP contribution in [0.1, 0.15) is 34.8 Å². The van der Waals surface area contributed by atoms with Gasteiger partial charge in [-0.2, -0.15) is 0 Å². The van der Waals surface area contributed by atoms with Gasteiger partial charge in [0, 0.05) is 11.3 Å². The molecule has 82 valence electrons.